The molecule has 2 rings (SSSR count). The first-order valence-corrected chi connectivity index (χ1v) is 6.99. The van der Waals surface area contributed by atoms with Crippen molar-refractivity contribution in [2.75, 3.05) is 30.8 Å². The van der Waals surface area contributed by atoms with Gasteiger partial charge in [-0.1, -0.05) is 0 Å². The highest BCUT2D eigenvalue weighted by Gasteiger charge is 2.33. The average molecular weight is 292 g/mol. The minimum atomic E-state index is -0.477. The van der Waals surface area contributed by atoms with Crippen molar-refractivity contribution in [3.05, 3.63) is 17.8 Å². The van der Waals surface area contributed by atoms with Crippen molar-refractivity contribution < 1.29 is 14.3 Å². The third-order valence-corrected chi connectivity index (χ3v) is 3.46. The number of aromatic nitrogens is 1. The lowest BCUT2D eigenvalue weighted by Gasteiger charge is -2.26. The van der Waals surface area contributed by atoms with E-state index in [1.165, 1.54) is 6.20 Å². The maximum absolute atomic E-state index is 12.1. The van der Waals surface area contributed by atoms with E-state index in [0.29, 0.717) is 23.6 Å². The van der Waals surface area contributed by atoms with Crippen molar-refractivity contribution in [1.29, 1.82) is 0 Å². The number of anilines is 2. The molecule has 0 bridgehead atoms. The first-order chi connectivity index (χ1) is 10.1. The highest BCUT2D eigenvalue weighted by atomic mass is 16.5. The number of carbonyl (C=O) groups excluding carboxylic acids is 2. The van der Waals surface area contributed by atoms with Crippen LogP contribution in [0, 0.1) is 0 Å². The number of nitrogen functional groups attached to an aromatic ring is 1. The summed E-state index contributed by atoms with van der Waals surface area (Å²) >= 11 is 0. The quantitative estimate of drug-likeness (QED) is 0.787. The molecule has 0 spiro atoms. The van der Waals surface area contributed by atoms with E-state index >= 15 is 0 Å². The molecule has 1 aromatic rings. The number of carbonyl (C=O) groups is 2. The van der Waals surface area contributed by atoms with Gasteiger partial charge < -0.3 is 20.7 Å². The van der Waals surface area contributed by atoms with Gasteiger partial charge in [-0.15, -0.1) is 0 Å². The molecule has 0 radical (unpaired) electrons. The third-order valence-electron chi connectivity index (χ3n) is 3.46. The number of rotatable bonds is 4. The molecule has 114 valence electrons. The number of ether oxygens (including phenoxy) is 1. The van der Waals surface area contributed by atoms with Gasteiger partial charge in [-0.05, 0) is 25.8 Å². The number of esters is 1. The van der Waals surface area contributed by atoms with E-state index in [1.807, 2.05) is 4.90 Å². The van der Waals surface area contributed by atoms with E-state index < -0.39 is 5.97 Å². The average Bonchev–Trinajstić information content (AvgIpc) is 2.95. The van der Waals surface area contributed by atoms with Crippen LogP contribution in [-0.2, 0) is 9.53 Å². The lowest BCUT2D eigenvalue weighted by molar-refractivity contribution is -0.121. The molecular weight excluding hydrogens is 272 g/mol. The summed E-state index contributed by atoms with van der Waals surface area (Å²) in [6.45, 7) is 2.67. The molecule has 1 aromatic heterocycles. The Labute approximate surface area is 123 Å². The summed E-state index contributed by atoms with van der Waals surface area (Å²) in [6.07, 6.45) is 3.08. The molecule has 2 heterocycles. The molecule has 0 aromatic carbocycles. The van der Waals surface area contributed by atoms with Crippen molar-refractivity contribution in [3.8, 4) is 0 Å². The van der Waals surface area contributed by atoms with Gasteiger partial charge in [0.15, 0.2) is 0 Å². The summed E-state index contributed by atoms with van der Waals surface area (Å²) in [5.74, 6) is -0.107. The molecule has 1 aliphatic rings. The van der Waals surface area contributed by atoms with Crippen LogP contribution in [0.4, 0.5) is 11.5 Å². The monoisotopic (exact) mass is 292 g/mol. The van der Waals surface area contributed by atoms with Crippen molar-refractivity contribution in [2.24, 2.45) is 0 Å². The second kappa shape index (κ2) is 6.43. The number of hydrogen-bond acceptors (Lipinski definition) is 6. The zero-order chi connectivity index (χ0) is 15.4. The number of hydrogen-bond donors (Lipinski definition) is 2. The van der Waals surface area contributed by atoms with Gasteiger partial charge >= 0.3 is 5.97 Å². The highest BCUT2D eigenvalue weighted by molar-refractivity contribution is 5.97. The van der Waals surface area contributed by atoms with Gasteiger partial charge in [-0.25, -0.2) is 9.78 Å². The van der Waals surface area contributed by atoms with E-state index in [2.05, 4.69) is 10.3 Å². The Morgan fingerprint density at radius 2 is 2.33 bits per heavy atom. The van der Waals surface area contributed by atoms with Crippen LogP contribution in [0.25, 0.3) is 0 Å². The number of nitrogens with zero attached hydrogens (tertiary/aromatic N) is 2. The number of pyridine rings is 1. The predicted molar refractivity (Wildman–Crippen MR) is 79.0 cm³/mol. The minimum Gasteiger partial charge on any atom is -0.462 e. The predicted octanol–water partition coefficient (Wildman–Crippen LogP) is 0.555. The van der Waals surface area contributed by atoms with E-state index in [9.17, 15) is 9.59 Å². The van der Waals surface area contributed by atoms with Crippen LogP contribution in [0.3, 0.4) is 0 Å². The standard InChI is InChI=1S/C14H20N4O3/c1-3-21-14(20)10-7-9(15)8-17-12(10)18-6-4-5-11(18)13(19)16-2/h7-8,11H,3-6,15H2,1-2H3,(H,16,19). The number of nitrogens with two attached hydrogens (primary N) is 1. The smallest absolute Gasteiger partial charge is 0.341 e. The van der Waals surface area contributed by atoms with E-state index in [4.69, 9.17) is 10.5 Å². The fraction of sp³-hybridized carbons (Fsp3) is 0.500. The first-order valence-electron chi connectivity index (χ1n) is 6.99. The van der Waals surface area contributed by atoms with E-state index in [-0.39, 0.29) is 18.6 Å². The summed E-state index contributed by atoms with van der Waals surface area (Å²) in [5.41, 5.74) is 6.40. The van der Waals surface area contributed by atoms with Gasteiger partial charge in [-0.3, -0.25) is 4.79 Å². The highest BCUT2D eigenvalue weighted by Crippen LogP contribution is 2.28. The molecule has 1 saturated heterocycles. The summed E-state index contributed by atoms with van der Waals surface area (Å²) in [4.78, 5) is 30.1. The molecule has 1 aliphatic heterocycles. The Morgan fingerprint density at radius 1 is 1.57 bits per heavy atom. The zero-order valence-corrected chi connectivity index (χ0v) is 12.3. The Balaban J connectivity index is 2.38. The van der Waals surface area contributed by atoms with Crippen molar-refractivity contribution in [2.45, 2.75) is 25.8 Å². The second-order valence-electron chi connectivity index (χ2n) is 4.83. The zero-order valence-electron chi connectivity index (χ0n) is 12.3. The maximum atomic E-state index is 12.1. The van der Waals surface area contributed by atoms with Crippen LogP contribution >= 0.6 is 0 Å². The van der Waals surface area contributed by atoms with Gasteiger partial charge in [0.2, 0.25) is 5.91 Å². The largest absolute Gasteiger partial charge is 0.462 e. The van der Waals surface area contributed by atoms with Gasteiger partial charge in [0.25, 0.3) is 0 Å². The van der Waals surface area contributed by atoms with Gasteiger partial charge in [-0.2, -0.15) is 0 Å². The molecule has 7 heteroatoms. The molecule has 3 N–H and O–H groups in total. The molecule has 1 fully saturated rings. The fourth-order valence-electron chi connectivity index (χ4n) is 2.52. The number of nitrogens with one attached hydrogen (secondary N) is 1. The molecule has 1 amide bonds. The second-order valence-corrected chi connectivity index (χ2v) is 4.83. The number of amides is 1. The van der Waals surface area contributed by atoms with Crippen LogP contribution in [0.1, 0.15) is 30.1 Å². The summed E-state index contributed by atoms with van der Waals surface area (Å²) in [6, 6.07) is 1.22. The van der Waals surface area contributed by atoms with Crippen LogP contribution in [0.2, 0.25) is 0 Å². The minimum absolute atomic E-state index is 0.0825. The fourth-order valence-corrected chi connectivity index (χ4v) is 2.52. The molecule has 7 nitrogen and oxygen atoms in total. The normalized spacial score (nSPS) is 17.6. The van der Waals surface area contributed by atoms with Crippen LogP contribution < -0.4 is 16.0 Å². The molecule has 1 atom stereocenters. The van der Waals surface area contributed by atoms with Crippen LogP contribution in [0.5, 0.6) is 0 Å². The Morgan fingerprint density at radius 3 is 3.00 bits per heavy atom. The van der Waals surface area contributed by atoms with Gasteiger partial charge in [0.05, 0.1) is 18.5 Å². The van der Waals surface area contributed by atoms with Gasteiger partial charge in [0.1, 0.15) is 17.4 Å². The van der Waals surface area contributed by atoms with Gasteiger partial charge in [0, 0.05) is 13.6 Å². The summed E-state index contributed by atoms with van der Waals surface area (Å²) in [7, 11) is 1.60. The van der Waals surface area contributed by atoms with E-state index in [1.54, 1.807) is 20.0 Å². The summed E-state index contributed by atoms with van der Waals surface area (Å²) < 4.78 is 5.04. The molecule has 21 heavy (non-hydrogen) atoms. The lowest BCUT2D eigenvalue weighted by Crippen LogP contribution is -2.43. The van der Waals surface area contributed by atoms with E-state index in [0.717, 1.165) is 12.8 Å². The van der Waals surface area contributed by atoms with Crippen molar-refractivity contribution in [3.63, 3.8) is 0 Å². The topological polar surface area (TPSA) is 97.6 Å². The van der Waals surface area contributed by atoms with Crippen LogP contribution in [0.15, 0.2) is 12.3 Å². The van der Waals surface area contributed by atoms with Crippen LogP contribution in [-0.4, -0.2) is 43.1 Å². The maximum Gasteiger partial charge on any atom is 0.341 e. The SMILES string of the molecule is CCOC(=O)c1cc(N)cnc1N1CCCC1C(=O)NC. The lowest BCUT2D eigenvalue weighted by atomic mass is 10.2. The molecule has 1 unspecified atom stereocenters. The Kier molecular flexibility index (Phi) is 4.62. The first kappa shape index (κ1) is 15.1. The summed E-state index contributed by atoms with van der Waals surface area (Å²) in [5, 5.41) is 2.64. The third kappa shape index (κ3) is 3.07. The van der Waals surface area contributed by atoms with Crippen molar-refractivity contribution >= 4 is 23.4 Å². The molecule has 0 aliphatic carbocycles. The molecular formula is C14H20N4O3. The molecule has 0 saturated carbocycles. The Bertz CT molecular complexity index is 547. The van der Waals surface area contributed by atoms with Crippen molar-refractivity contribution in [1.82, 2.24) is 10.3 Å². The Hall–Kier alpha value is -2.31. The number of likely N-dealkylation sites (N-methyl/N-ethyl adjacent to an activating group) is 1.